The lowest BCUT2D eigenvalue weighted by Gasteiger charge is -2.39. The molecule has 0 unspecified atom stereocenters. The Morgan fingerprint density at radius 3 is 2.69 bits per heavy atom. The van der Waals surface area contributed by atoms with Crippen molar-refractivity contribution >= 4 is 5.91 Å². The summed E-state index contributed by atoms with van der Waals surface area (Å²) in [5.74, 6) is 0.108. The predicted octanol–water partition coefficient (Wildman–Crippen LogP) is 0.363. The largest absolute Gasteiger partial charge is 0.354 e. The second-order valence-corrected chi connectivity index (χ2v) is 4.63. The van der Waals surface area contributed by atoms with Crippen molar-refractivity contribution in [3.63, 3.8) is 0 Å². The van der Waals surface area contributed by atoms with Crippen LogP contribution in [0, 0.1) is 0 Å². The number of nitrogens with zero attached hydrogens (tertiary/aromatic N) is 1. The van der Waals surface area contributed by atoms with Crippen molar-refractivity contribution in [2.75, 3.05) is 32.7 Å². The van der Waals surface area contributed by atoms with Crippen LogP contribution in [0.4, 0.5) is 0 Å². The summed E-state index contributed by atoms with van der Waals surface area (Å²) in [5.41, 5.74) is -0.413. The monoisotopic (exact) mass is 225 g/mol. The number of carbonyl (C=O) groups excluding carboxylic acids is 1. The quantitative estimate of drug-likeness (QED) is 0.524. The third-order valence-electron chi connectivity index (χ3n) is 3.10. The lowest BCUT2D eigenvalue weighted by atomic mass is 10.0. The van der Waals surface area contributed by atoms with Gasteiger partial charge in [-0.05, 0) is 20.3 Å². The zero-order valence-corrected chi connectivity index (χ0v) is 10.4. The molecule has 1 aliphatic heterocycles. The molecule has 0 spiro atoms. The van der Waals surface area contributed by atoms with Gasteiger partial charge in [0.15, 0.2) is 0 Å². The van der Waals surface area contributed by atoms with Crippen molar-refractivity contribution in [2.45, 2.75) is 25.8 Å². The molecule has 0 aromatic heterocycles. The number of nitrogens with one attached hydrogen (secondary N) is 2. The Labute approximate surface area is 98.1 Å². The minimum atomic E-state index is -0.413. The first kappa shape index (κ1) is 13.2. The van der Waals surface area contributed by atoms with E-state index in [4.69, 9.17) is 0 Å². The van der Waals surface area contributed by atoms with Gasteiger partial charge in [0, 0.05) is 32.7 Å². The van der Waals surface area contributed by atoms with Crippen LogP contribution in [-0.2, 0) is 4.79 Å². The lowest BCUT2D eigenvalue weighted by molar-refractivity contribution is -0.132. The van der Waals surface area contributed by atoms with Gasteiger partial charge in [0.05, 0.1) is 5.54 Å². The molecule has 0 aromatic rings. The summed E-state index contributed by atoms with van der Waals surface area (Å²) >= 11 is 0. The smallest absolute Gasteiger partial charge is 0.239 e. The van der Waals surface area contributed by atoms with Crippen molar-refractivity contribution in [1.29, 1.82) is 0 Å². The molecule has 0 saturated carbocycles. The van der Waals surface area contributed by atoms with Gasteiger partial charge in [-0.2, -0.15) is 0 Å². The minimum Gasteiger partial charge on any atom is -0.354 e. The van der Waals surface area contributed by atoms with Gasteiger partial charge in [0.1, 0.15) is 0 Å². The number of amides is 1. The summed E-state index contributed by atoms with van der Waals surface area (Å²) in [6, 6.07) is 0. The fraction of sp³-hybridized carbons (Fsp3) is 0.750. The molecule has 1 aliphatic rings. The molecule has 0 radical (unpaired) electrons. The Balaban J connectivity index is 2.46. The highest BCUT2D eigenvalue weighted by atomic mass is 16.2. The van der Waals surface area contributed by atoms with E-state index in [1.165, 1.54) is 0 Å². The first-order valence-electron chi connectivity index (χ1n) is 5.94. The molecular weight excluding hydrogens is 202 g/mol. The van der Waals surface area contributed by atoms with Crippen LogP contribution in [0.2, 0.25) is 0 Å². The average Bonchev–Trinajstić information content (AvgIpc) is 2.30. The zero-order valence-electron chi connectivity index (χ0n) is 10.4. The van der Waals surface area contributed by atoms with Crippen molar-refractivity contribution in [1.82, 2.24) is 15.5 Å². The Morgan fingerprint density at radius 2 is 2.12 bits per heavy atom. The summed E-state index contributed by atoms with van der Waals surface area (Å²) < 4.78 is 0. The molecule has 1 amide bonds. The van der Waals surface area contributed by atoms with Crippen molar-refractivity contribution in [2.24, 2.45) is 0 Å². The lowest BCUT2D eigenvalue weighted by Crippen LogP contribution is -2.60. The number of hydrogen-bond acceptors (Lipinski definition) is 3. The van der Waals surface area contributed by atoms with Crippen LogP contribution in [0.5, 0.6) is 0 Å². The van der Waals surface area contributed by atoms with Crippen LogP contribution in [0.25, 0.3) is 0 Å². The highest BCUT2D eigenvalue weighted by Gasteiger charge is 2.34. The molecule has 1 rings (SSSR count). The second-order valence-electron chi connectivity index (χ2n) is 4.63. The zero-order chi connectivity index (χ0) is 12.0. The Hall–Kier alpha value is -0.870. The summed E-state index contributed by atoms with van der Waals surface area (Å²) in [4.78, 5) is 14.3. The van der Waals surface area contributed by atoms with Gasteiger partial charge in [0.25, 0.3) is 0 Å². The molecule has 0 aliphatic carbocycles. The molecule has 1 heterocycles. The molecule has 0 atom stereocenters. The van der Waals surface area contributed by atoms with E-state index in [0.29, 0.717) is 6.54 Å². The minimum absolute atomic E-state index is 0.108. The average molecular weight is 225 g/mol. The highest BCUT2D eigenvalue weighted by Crippen LogP contribution is 2.15. The SMILES string of the molecule is C=CCCNC(=O)C(C)(C)N1CCNCC1. The van der Waals surface area contributed by atoms with Gasteiger partial charge >= 0.3 is 0 Å². The third-order valence-corrected chi connectivity index (χ3v) is 3.10. The van der Waals surface area contributed by atoms with Gasteiger partial charge < -0.3 is 10.6 Å². The van der Waals surface area contributed by atoms with Gasteiger partial charge in [0.2, 0.25) is 5.91 Å². The second kappa shape index (κ2) is 6.01. The van der Waals surface area contributed by atoms with Crippen molar-refractivity contribution in [3.8, 4) is 0 Å². The molecule has 0 aromatic carbocycles. The van der Waals surface area contributed by atoms with E-state index in [0.717, 1.165) is 32.6 Å². The Bertz CT molecular complexity index is 245. The fourth-order valence-electron chi connectivity index (χ4n) is 1.87. The molecule has 92 valence electrons. The number of hydrogen-bond donors (Lipinski definition) is 2. The van der Waals surface area contributed by atoms with E-state index in [2.05, 4.69) is 22.1 Å². The first-order valence-corrected chi connectivity index (χ1v) is 5.94. The molecule has 4 heteroatoms. The molecule has 4 nitrogen and oxygen atoms in total. The van der Waals surface area contributed by atoms with E-state index in [9.17, 15) is 4.79 Å². The predicted molar refractivity (Wildman–Crippen MR) is 66.3 cm³/mol. The first-order chi connectivity index (χ1) is 7.59. The fourth-order valence-corrected chi connectivity index (χ4v) is 1.87. The molecule has 0 bridgehead atoms. The molecule has 1 fully saturated rings. The maximum Gasteiger partial charge on any atom is 0.239 e. The van der Waals surface area contributed by atoms with E-state index in [1.54, 1.807) is 0 Å². The topological polar surface area (TPSA) is 44.4 Å². The van der Waals surface area contributed by atoms with Crippen molar-refractivity contribution < 1.29 is 4.79 Å². The van der Waals surface area contributed by atoms with E-state index in [1.807, 2.05) is 19.9 Å². The summed E-state index contributed by atoms with van der Waals surface area (Å²) in [6.07, 6.45) is 2.64. The number of piperazine rings is 1. The van der Waals surface area contributed by atoms with Crippen LogP contribution < -0.4 is 10.6 Å². The van der Waals surface area contributed by atoms with Crippen LogP contribution in [-0.4, -0.2) is 49.1 Å². The summed E-state index contributed by atoms with van der Waals surface area (Å²) in [5, 5.41) is 6.24. The number of rotatable bonds is 5. The normalized spacial score (nSPS) is 18.1. The standard InChI is InChI=1S/C12H23N3O/c1-4-5-6-14-11(16)12(2,3)15-9-7-13-8-10-15/h4,13H,1,5-10H2,2-3H3,(H,14,16). The van der Waals surface area contributed by atoms with E-state index < -0.39 is 5.54 Å². The molecular formula is C12H23N3O. The van der Waals surface area contributed by atoms with Crippen LogP contribution in [0.1, 0.15) is 20.3 Å². The summed E-state index contributed by atoms with van der Waals surface area (Å²) in [7, 11) is 0. The maximum atomic E-state index is 12.0. The molecule has 2 N–H and O–H groups in total. The van der Waals surface area contributed by atoms with E-state index in [-0.39, 0.29) is 5.91 Å². The summed E-state index contributed by atoms with van der Waals surface area (Å²) in [6.45, 7) is 12.1. The van der Waals surface area contributed by atoms with Gasteiger partial charge in [-0.1, -0.05) is 6.08 Å². The van der Waals surface area contributed by atoms with E-state index >= 15 is 0 Å². The Morgan fingerprint density at radius 1 is 1.50 bits per heavy atom. The van der Waals surface area contributed by atoms with Gasteiger partial charge in [-0.3, -0.25) is 9.69 Å². The van der Waals surface area contributed by atoms with Crippen LogP contribution in [0.3, 0.4) is 0 Å². The highest BCUT2D eigenvalue weighted by molar-refractivity contribution is 5.85. The third kappa shape index (κ3) is 3.32. The molecule has 16 heavy (non-hydrogen) atoms. The number of carbonyl (C=O) groups is 1. The van der Waals surface area contributed by atoms with Gasteiger partial charge in [-0.15, -0.1) is 6.58 Å². The van der Waals surface area contributed by atoms with Crippen LogP contribution in [0.15, 0.2) is 12.7 Å². The van der Waals surface area contributed by atoms with Gasteiger partial charge in [-0.25, -0.2) is 0 Å². The maximum absolute atomic E-state index is 12.0. The van der Waals surface area contributed by atoms with Crippen LogP contribution >= 0.6 is 0 Å². The Kier molecular flexibility index (Phi) is 4.96. The molecule has 1 saturated heterocycles. The van der Waals surface area contributed by atoms with Crippen molar-refractivity contribution in [3.05, 3.63) is 12.7 Å².